The highest BCUT2D eigenvalue weighted by atomic mass is 32.1. The van der Waals surface area contributed by atoms with Crippen LogP contribution >= 0.6 is 11.3 Å². The summed E-state index contributed by atoms with van der Waals surface area (Å²) in [6.45, 7) is 5.82. The number of carbonyl (C=O) groups is 1. The maximum atomic E-state index is 12.2. The van der Waals surface area contributed by atoms with Crippen molar-refractivity contribution < 1.29 is 9.90 Å². The molecule has 1 aromatic heterocycles. The molecular weight excluding hydrogens is 270 g/mol. The number of hydrogen-bond acceptors (Lipinski definition) is 3. The van der Waals surface area contributed by atoms with Gasteiger partial charge in [0.25, 0.3) is 5.91 Å². The summed E-state index contributed by atoms with van der Waals surface area (Å²) in [7, 11) is 0. The molecule has 1 amide bonds. The highest BCUT2D eigenvalue weighted by Gasteiger charge is 2.25. The first-order valence-corrected chi connectivity index (χ1v) is 7.40. The van der Waals surface area contributed by atoms with Gasteiger partial charge in [0, 0.05) is 10.4 Å². The van der Waals surface area contributed by atoms with Crippen LogP contribution in [-0.4, -0.2) is 17.6 Å². The van der Waals surface area contributed by atoms with Gasteiger partial charge in [0.05, 0.1) is 6.54 Å². The van der Waals surface area contributed by atoms with Crippen LogP contribution in [0.4, 0.5) is 0 Å². The van der Waals surface area contributed by atoms with Crippen LogP contribution in [-0.2, 0) is 5.60 Å². The molecule has 0 saturated carbocycles. The van der Waals surface area contributed by atoms with Gasteiger partial charge in [0.15, 0.2) is 0 Å². The first-order valence-electron chi connectivity index (χ1n) is 6.52. The number of rotatable bonds is 4. The van der Waals surface area contributed by atoms with Gasteiger partial charge in [-0.2, -0.15) is 0 Å². The van der Waals surface area contributed by atoms with Gasteiger partial charge in [-0.3, -0.25) is 4.79 Å². The van der Waals surface area contributed by atoms with Gasteiger partial charge < -0.3 is 10.4 Å². The minimum absolute atomic E-state index is 0.153. The highest BCUT2D eigenvalue weighted by Crippen LogP contribution is 2.24. The van der Waals surface area contributed by atoms with Crippen molar-refractivity contribution >= 4 is 17.2 Å². The Kier molecular flexibility index (Phi) is 4.26. The van der Waals surface area contributed by atoms with E-state index in [1.165, 1.54) is 11.3 Å². The van der Waals surface area contributed by atoms with Gasteiger partial charge in [-0.1, -0.05) is 23.8 Å². The zero-order valence-corrected chi connectivity index (χ0v) is 12.8. The van der Waals surface area contributed by atoms with Crippen molar-refractivity contribution in [3.8, 4) is 0 Å². The summed E-state index contributed by atoms with van der Waals surface area (Å²) in [6.07, 6.45) is 0. The molecule has 1 heterocycles. The number of benzene rings is 1. The molecule has 2 rings (SSSR count). The third-order valence-electron chi connectivity index (χ3n) is 3.27. The van der Waals surface area contributed by atoms with E-state index in [4.69, 9.17) is 0 Å². The van der Waals surface area contributed by atoms with Crippen LogP contribution in [0.5, 0.6) is 0 Å². The maximum Gasteiger partial charge on any atom is 0.251 e. The topological polar surface area (TPSA) is 49.3 Å². The van der Waals surface area contributed by atoms with Crippen LogP contribution in [0.25, 0.3) is 0 Å². The molecule has 1 aromatic carbocycles. The minimum atomic E-state index is -1.04. The molecule has 106 valence electrons. The Bertz CT molecular complexity index is 603. The smallest absolute Gasteiger partial charge is 0.251 e. The number of hydrogen-bond donors (Lipinski definition) is 2. The Morgan fingerprint density at radius 3 is 2.70 bits per heavy atom. The first kappa shape index (κ1) is 14.8. The van der Waals surface area contributed by atoms with E-state index in [9.17, 15) is 9.90 Å². The second-order valence-corrected chi connectivity index (χ2v) is 6.20. The second-order valence-electron chi connectivity index (χ2n) is 5.25. The van der Waals surface area contributed by atoms with Crippen molar-refractivity contribution in [2.45, 2.75) is 26.4 Å². The van der Waals surface area contributed by atoms with Crippen molar-refractivity contribution in [3.05, 3.63) is 57.3 Å². The number of carbonyl (C=O) groups excluding carboxylic acids is 1. The van der Waals surface area contributed by atoms with Gasteiger partial charge in [0.1, 0.15) is 5.60 Å². The summed E-state index contributed by atoms with van der Waals surface area (Å²) in [4.78, 5) is 13.0. The van der Waals surface area contributed by atoms with Crippen LogP contribution < -0.4 is 5.32 Å². The van der Waals surface area contributed by atoms with Gasteiger partial charge in [0.2, 0.25) is 0 Å². The number of nitrogens with one attached hydrogen (secondary N) is 1. The summed E-state index contributed by atoms with van der Waals surface area (Å²) in [6, 6.07) is 9.47. The summed E-state index contributed by atoms with van der Waals surface area (Å²) in [5.74, 6) is -0.153. The normalized spacial score (nSPS) is 13.8. The van der Waals surface area contributed by atoms with E-state index in [1.807, 2.05) is 49.6 Å². The van der Waals surface area contributed by atoms with E-state index in [2.05, 4.69) is 5.32 Å². The molecule has 0 saturated heterocycles. The summed E-state index contributed by atoms with van der Waals surface area (Å²) in [5.41, 5.74) is 1.68. The summed E-state index contributed by atoms with van der Waals surface area (Å²) < 4.78 is 0. The molecular formula is C16H19NO2S. The zero-order valence-electron chi connectivity index (χ0n) is 11.9. The molecule has 1 unspecified atom stereocenters. The summed E-state index contributed by atoms with van der Waals surface area (Å²) >= 11 is 1.48. The average molecular weight is 289 g/mol. The van der Waals surface area contributed by atoms with E-state index < -0.39 is 5.60 Å². The molecule has 0 fully saturated rings. The molecule has 0 bridgehead atoms. The summed E-state index contributed by atoms with van der Waals surface area (Å²) in [5, 5.41) is 15.1. The van der Waals surface area contributed by atoms with E-state index in [0.29, 0.717) is 5.56 Å². The van der Waals surface area contributed by atoms with Crippen molar-refractivity contribution in [2.75, 3.05) is 6.54 Å². The Hall–Kier alpha value is -1.65. The molecule has 0 radical (unpaired) electrons. The van der Waals surface area contributed by atoms with Crippen molar-refractivity contribution in [1.29, 1.82) is 0 Å². The lowest BCUT2D eigenvalue weighted by atomic mass is 10.0. The Balaban J connectivity index is 2.05. The van der Waals surface area contributed by atoms with E-state index >= 15 is 0 Å². The first-order chi connectivity index (χ1) is 9.40. The average Bonchev–Trinajstić information content (AvgIpc) is 2.90. The molecule has 0 aliphatic rings. The number of aliphatic hydroxyl groups is 1. The fourth-order valence-corrected chi connectivity index (χ4v) is 2.88. The minimum Gasteiger partial charge on any atom is -0.383 e. The van der Waals surface area contributed by atoms with Crippen molar-refractivity contribution in [3.63, 3.8) is 0 Å². The Labute approximate surface area is 123 Å². The molecule has 20 heavy (non-hydrogen) atoms. The maximum absolute atomic E-state index is 12.2. The molecule has 2 N–H and O–H groups in total. The molecule has 0 aliphatic heterocycles. The van der Waals surface area contributed by atoms with E-state index in [0.717, 1.165) is 16.0 Å². The van der Waals surface area contributed by atoms with Gasteiger partial charge >= 0.3 is 0 Å². The van der Waals surface area contributed by atoms with Gasteiger partial charge in [-0.25, -0.2) is 0 Å². The van der Waals surface area contributed by atoms with Crippen molar-refractivity contribution in [1.82, 2.24) is 5.32 Å². The number of aryl methyl sites for hydroxylation is 2. The van der Waals surface area contributed by atoms with E-state index in [1.54, 1.807) is 6.92 Å². The standard InChI is InChI=1S/C16H19NO2S/c1-11-6-7-13(12(2)9-11)15(18)17-10-16(3,19)14-5-4-8-20-14/h4-9,19H,10H2,1-3H3,(H,17,18). The molecule has 2 aromatic rings. The van der Waals surface area contributed by atoms with Crippen LogP contribution in [0, 0.1) is 13.8 Å². The predicted molar refractivity (Wildman–Crippen MR) is 82.1 cm³/mol. The van der Waals surface area contributed by atoms with Gasteiger partial charge in [-0.05, 0) is 43.8 Å². The second kappa shape index (κ2) is 5.77. The zero-order chi connectivity index (χ0) is 14.8. The molecule has 3 nitrogen and oxygen atoms in total. The third kappa shape index (κ3) is 3.26. The van der Waals surface area contributed by atoms with Crippen molar-refractivity contribution in [2.24, 2.45) is 0 Å². The number of amides is 1. The van der Waals surface area contributed by atoms with Gasteiger partial charge in [-0.15, -0.1) is 11.3 Å². The SMILES string of the molecule is Cc1ccc(C(=O)NCC(C)(O)c2cccs2)c(C)c1. The quantitative estimate of drug-likeness (QED) is 0.909. The number of thiophene rings is 1. The molecule has 1 atom stereocenters. The van der Waals surface area contributed by atoms with Crippen LogP contribution in [0.2, 0.25) is 0 Å². The fourth-order valence-electron chi connectivity index (χ4n) is 2.09. The van der Waals surface area contributed by atoms with Crippen LogP contribution in [0.15, 0.2) is 35.7 Å². The monoisotopic (exact) mass is 289 g/mol. The lowest BCUT2D eigenvalue weighted by Crippen LogP contribution is -2.38. The Morgan fingerprint density at radius 1 is 1.35 bits per heavy atom. The predicted octanol–water partition coefficient (Wildman–Crippen LogP) is 3.00. The highest BCUT2D eigenvalue weighted by molar-refractivity contribution is 7.10. The lowest BCUT2D eigenvalue weighted by molar-refractivity contribution is 0.0556. The largest absolute Gasteiger partial charge is 0.383 e. The lowest BCUT2D eigenvalue weighted by Gasteiger charge is -2.22. The molecule has 0 spiro atoms. The molecule has 4 heteroatoms. The fraction of sp³-hybridized carbons (Fsp3) is 0.312. The van der Waals surface area contributed by atoms with Crippen LogP contribution in [0.3, 0.4) is 0 Å². The third-order valence-corrected chi connectivity index (χ3v) is 4.39. The Morgan fingerprint density at radius 2 is 2.10 bits per heavy atom. The van der Waals surface area contributed by atoms with E-state index in [-0.39, 0.29) is 12.5 Å². The van der Waals surface area contributed by atoms with Crippen LogP contribution in [0.1, 0.15) is 33.3 Å². The molecule has 0 aliphatic carbocycles.